The van der Waals surface area contributed by atoms with Gasteiger partial charge < -0.3 is 10.6 Å². The summed E-state index contributed by atoms with van der Waals surface area (Å²) in [4.78, 5) is 11.8. The Labute approximate surface area is 133 Å². The molecule has 0 aliphatic rings. The third-order valence-electron chi connectivity index (χ3n) is 3.20. The molecule has 0 bridgehead atoms. The molecule has 1 amide bonds. The molecule has 0 saturated heterocycles. The number of amides is 1. The minimum absolute atomic E-state index is 0.0286. The van der Waals surface area contributed by atoms with Gasteiger partial charge in [-0.3, -0.25) is 4.79 Å². The fourth-order valence-electron chi connectivity index (χ4n) is 2.11. The van der Waals surface area contributed by atoms with Crippen LogP contribution in [0.25, 0.3) is 0 Å². The predicted molar refractivity (Wildman–Crippen MR) is 90.7 cm³/mol. The first-order valence-corrected chi connectivity index (χ1v) is 7.76. The van der Waals surface area contributed by atoms with E-state index in [0.717, 1.165) is 22.3 Å². The lowest BCUT2D eigenvalue weighted by Crippen LogP contribution is -2.22. The zero-order valence-electron chi connectivity index (χ0n) is 12.2. The van der Waals surface area contributed by atoms with Crippen molar-refractivity contribution in [3.8, 4) is 0 Å². The molecule has 0 spiro atoms. The van der Waals surface area contributed by atoms with Gasteiger partial charge in [0.05, 0.1) is 0 Å². The standard InChI is InChI=1S/C17H19BrN2O/c1-3-19-17(21)14-7-8-16(12(2)9-14)20-11-13-5-4-6-15(18)10-13/h4-10,20H,3,11H2,1-2H3,(H,19,21). The van der Waals surface area contributed by atoms with Gasteiger partial charge >= 0.3 is 0 Å². The van der Waals surface area contributed by atoms with E-state index in [1.807, 2.05) is 44.2 Å². The molecule has 2 N–H and O–H groups in total. The lowest BCUT2D eigenvalue weighted by atomic mass is 10.1. The van der Waals surface area contributed by atoms with Gasteiger partial charge in [-0.2, -0.15) is 0 Å². The number of carbonyl (C=O) groups is 1. The van der Waals surface area contributed by atoms with Crippen LogP contribution in [0.5, 0.6) is 0 Å². The topological polar surface area (TPSA) is 41.1 Å². The number of halogens is 1. The van der Waals surface area contributed by atoms with Crippen molar-refractivity contribution in [2.75, 3.05) is 11.9 Å². The Morgan fingerprint density at radius 1 is 1.19 bits per heavy atom. The van der Waals surface area contributed by atoms with Gasteiger partial charge in [0.15, 0.2) is 0 Å². The SMILES string of the molecule is CCNC(=O)c1ccc(NCc2cccc(Br)c2)c(C)c1. The molecule has 110 valence electrons. The molecule has 4 heteroatoms. The minimum atomic E-state index is -0.0286. The maximum Gasteiger partial charge on any atom is 0.251 e. The summed E-state index contributed by atoms with van der Waals surface area (Å²) in [6, 6.07) is 13.9. The second-order valence-corrected chi connectivity index (χ2v) is 5.79. The fraction of sp³-hybridized carbons (Fsp3) is 0.235. The van der Waals surface area contributed by atoms with Crippen molar-refractivity contribution in [3.05, 3.63) is 63.6 Å². The van der Waals surface area contributed by atoms with Crippen LogP contribution in [-0.2, 0) is 6.54 Å². The molecular weight excluding hydrogens is 328 g/mol. The van der Waals surface area contributed by atoms with E-state index in [1.165, 1.54) is 5.56 Å². The van der Waals surface area contributed by atoms with Gasteiger partial charge in [-0.1, -0.05) is 28.1 Å². The summed E-state index contributed by atoms with van der Waals surface area (Å²) < 4.78 is 1.07. The number of nitrogens with one attached hydrogen (secondary N) is 2. The Kier molecular flexibility index (Phi) is 5.39. The Bertz CT molecular complexity index is 640. The number of anilines is 1. The molecule has 0 aromatic heterocycles. The van der Waals surface area contributed by atoms with Crippen molar-refractivity contribution in [1.82, 2.24) is 5.32 Å². The van der Waals surface area contributed by atoms with Crippen molar-refractivity contribution in [2.24, 2.45) is 0 Å². The number of benzene rings is 2. The third-order valence-corrected chi connectivity index (χ3v) is 3.69. The summed E-state index contributed by atoms with van der Waals surface area (Å²) in [5, 5.41) is 6.21. The average molecular weight is 347 g/mol. The van der Waals surface area contributed by atoms with E-state index in [-0.39, 0.29) is 5.91 Å². The number of aryl methyl sites for hydroxylation is 1. The van der Waals surface area contributed by atoms with Crippen LogP contribution < -0.4 is 10.6 Å². The van der Waals surface area contributed by atoms with E-state index in [1.54, 1.807) is 0 Å². The molecule has 21 heavy (non-hydrogen) atoms. The Hall–Kier alpha value is -1.81. The first-order valence-electron chi connectivity index (χ1n) is 6.97. The van der Waals surface area contributed by atoms with E-state index in [9.17, 15) is 4.79 Å². The highest BCUT2D eigenvalue weighted by molar-refractivity contribution is 9.10. The van der Waals surface area contributed by atoms with Crippen molar-refractivity contribution < 1.29 is 4.79 Å². The molecular formula is C17H19BrN2O. The summed E-state index contributed by atoms with van der Waals surface area (Å²) in [7, 11) is 0. The number of rotatable bonds is 5. The van der Waals surface area contributed by atoms with Crippen LogP contribution in [0.4, 0.5) is 5.69 Å². The second kappa shape index (κ2) is 7.27. The average Bonchev–Trinajstić information content (AvgIpc) is 2.46. The molecule has 2 aromatic rings. The van der Waals surface area contributed by atoms with E-state index in [4.69, 9.17) is 0 Å². The van der Waals surface area contributed by atoms with Gasteiger partial charge in [0.1, 0.15) is 0 Å². The molecule has 0 radical (unpaired) electrons. The summed E-state index contributed by atoms with van der Waals surface area (Å²) in [5.41, 5.74) is 4.01. The maximum atomic E-state index is 11.8. The quantitative estimate of drug-likeness (QED) is 0.854. The Morgan fingerprint density at radius 3 is 2.67 bits per heavy atom. The monoisotopic (exact) mass is 346 g/mol. The maximum absolute atomic E-state index is 11.8. The van der Waals surface area contributed by atoms with Gasteiger partial charge in [-0.15, -0.1) is 0 Å². The number of hydrogen-bond donors (Lipinski definition) is 2. The van der Waals surface area contributed by atoms with E-state index < -0.39 is 0 Å². The Balaban J connectivity index is 2.06. The van der Waals surface area contributed by atoms with Crippen LogP contribution in [0.2, 0.25) is 0 Å². The van der Waals surface area contributed by atoms with Gasteiger partial charge in [-0.05, 0) is 55.3 Å². The Morgan fingerprint density at radius 2 is 2.00 bits per heavy atom. The molecule has 0 heterocycles. The van der Waals surface area contributed by atoms with Crippen molar-refractivity contribution >= 4 is 27.5 Å². The lowest BCUT2D eigenvalue weighted by Gasteiger charge is -2.11. The highest BCUT2D eigenvalue weighted by Crippen LogP contribution is 2.18. The molecule has 0 unspecified atom stereocenters. The summed E-state index contributed by atoms with van der Waals surface area (Å²) in [5.74, 6) is -0.0286. The highest BCUT2D eigenvalue weighted by atomic mass is 79.9. The summed E-state index contributed by atoms with van der Waals surface area (Å²) >= 11 is 3.47. The molecule has 0 atom stereocenters. The molecule has 2 rings (SSSR count). The van der Waals surface area contributed by atoms with Gasteiger partial charge in [0.25, 0.3) is 5.91 Å². The zero-order valence-corrected chi connectivity index (χ0v) is 13.8. The predicted octanol–water partition coefficient (Wildman–Crippen LogP) is 4.12. The van der Waals surface area contributed by atoms with Crippen LogP contribution in [0.1, 0.15) is 28.4 Å². The number of hydrogen-bond acceptors (Lipinski definition) is 2. The normalized spacial score (nSPS) is 10.2. The van der Waals surface area contributed by atoms with E-state index in [0.29, 0.717) is 12.1 Å². The molecule has 0 saturated carbocycles. The molecule has 2 aromatic carbocycles. The molecule has 0 aliphatic carbocycles. The largest absolute Gasteiger partial charge is 0.381 e. The van der Waals surface area contributed by atoms with Crippen LogP contribution in [0.15, 0.2) is 46.9 Å². The lowest BCUT2D eigenvalue weighted by molar-refractivity contribution is 0.0956. The van der Waals surface area contributed by atoms with Crippen LogP contribution in [0.3, 0.4) is 0 Å². The van der Waals surface area contributed by atoms with E-state index >= 15 is 0 Å². The first-order chi connectivity index (χ1) is 10.1. The van der Waals surface area contributed by atoms with Crippen molar-refractivity contribution in [1.29, 1.82) is 0 Å². The van der Waals surface area contributed by atoms with Gasteiger partial charge in [0, 0.05) is 28.8 Å². The van der Waals surface area contributed by atoms with Crippen molar-refractivity contribution in [2.45, 2.75) is 20.4 Å². The summed E-state index contributed by atoms with van der Waals surface area (Å²) in [6.45, 7) is 5.31. The smallest absolute Gasteiger partial charge is 0.251 e. The van der Waals surface area contributed by atoms with Gasteiger partial charge in [0.2, 0.25) is 0 Å². The third kappa shape index (κ3) is 4.33. The zero-order chi connectivity index (χ0) is 15.2. The minimum Gasteiger partial charge on any atom is -0.381 e. The van der Waals surface area contributed by atoms with E-state index in [2.05, 4.69) is 38.7 Å². The van der Waals surface area contributed by atoms with Crippen LogP contribution >= 0.6 is 15.9 Å². The summed E-state index contributed by atoms with van der Waals surface area (Å²) in [6.07, 6.45) is 0. The fourth-order valence-corrected chi connectivity index (χ4v) is 2.56. The van der Waals surface area contributed by atoms with Gasteiger partial charge in [-0.25, -0.2) is 0 Å². The molecule has 3 nitrogen and oxygen atoms in total. The number of carbonyl (C=O) groups excluding carboxylic acids is 1. The van der Waals surface area contributed by atoms with Crippen LogP contribution in [0, 0.1) is 6.92 Å². The molecule has 0 aliphatic heterocycles. The molecule has 0 fully saturated rings. The van der Waals surface area contributed by atoms with Crippen LogP contribution in [-0.4, -0.2) is 12.5 Å². The second-order valence-electron chi connectivity index (χ2n) is 4.87. The first kappa shape index (κ1) is 15.6. The highest BCUT2D eigenvalue weighted by Gasteiger charge is 2.06. The van der Waals surface area contributed by atoms with Crippen molar-refractivity contribution in [3.63, 3.8) is 0 Å².